The van der Waals surface area contributed by atoms with Crippen LogP contribution in [0.2, 0.25) is 0 Å². The zero-order valence-corrected chi connectivity index (χ0v) is 16.5. The number of anilines is 2. The lowest BCUT2D eigenvalue weighted by molar-refractivity contribution is 0.402. The first-order valence-corrected chi connectivity index (χ1v) is 10.1. The van der Waals surface area contributed by atoms with E-state index in [1.807, 2.05) is 18.3 Å². The number of piperidine rings is 1. The van der Waals surface area contributed by atoms with Gasteiger partial charge in [0.05, 0.1) is 0 Å². The predicted molar refractivity (Wildman–Crippen MR) is 116 cm³/mol. The number of hydrogen-bond acceptors (Lipinski definition) is 4. The van der Waals surface area contributed by atoms with Crippen molar-refractivity contribution in [3.63, 3.8) is 0 Å². The number of hydrogen-bond donors (Lipinski definition) is 0. The molecule has 1 aromatic heterocycles. The summed E-state index contributed by atoms with van der Waals surface area (Å²) in [6, 6.07) is 23.3. The van der Waals surface area contributed by atoms with Crippen molar-refractivity contribution in [3.8, 4) is 0 Å². The third-order valence-electron chi connectivity index (χ3n) is 5.54. The lowest BCUT2D eigenvalue weighted by Gasteiger charge is -2.33. The molecule has 4 nitrogen and oxygen atoms in total. The Bertz CT molecular complexity index is 858. The van der Waals surface area contributed by atoms with Gasteiger partial charge in [-0.1, -0.05) is 60.7 Å². The van der Waals surface area contributed by atoms with E-state index in [4.69, 9.17) is 4.98 Å². The molecule has 144 valence electrons. The van der Waals surface area contributed by atoms with Crippen molar-refractivity contribution in [3.05, 3.63) is 84.1 Å². The smallest absolute Gasteiger partial charge is 0.227 e. The van der Waals surface area contributed by atoms with Crippen LogP contribution in [0.25, 0.3) is 0 Å². The molecule has 1 saturated heterocycles. The highest BCUT2D eigenvalue weighted by Crippen LogP contribution is 2.25. The fraction of sp³-hybridized carbons (Fsp3) is 0.333. The van der Waals surface area contributed by atoms with Gasteiger partial charge >= 0.3 is 0 Å². The Morgan fingerprint density at radius 2 is 1.54 bits per heavy atom. The topological polar surface area (TPSA) is 32.3 Å². The molecular formula is C24H28N4. The van der Waals surface area contributed by atoms with E-state index in [0.717, 1.165) is 37.3 Å². The van der Waals surface area contributed by atoms with Gasteiger partial charge in [-0.25, -0.2) is 4.98 Å². The Morgan fingerprint density at radius 3 is 2.21 bits per heavy atom. The van der Waals surface area contributed by atoms with E-state index in [1.165, 1.54) is 30.4 Å². The van der Waals surface area contributed by atoms with E-state index >= 15 is 0 Å². The summed E-state index contributed by atoms with van der Waals surface area (Å²) < 4.78 is 0. The molecule has 2 heterocycles. The first-order valence-electron chi connectivity index (χ1n) is 10.1. The Labute approximate surface area is 167 Å². The molecule has 4 rings (SSSR count). The van der Waals surface area contributed by atoms with Crippen molar-refractivity contribution in [2.75, 3.05) is 29.9 Å². The summed E-state index contributed by atoms with van der Waals surface area (Å²) in [5, 5.41) is 0. The van der Waals surface area contributed by atoms with Crippen molar-refractivity contribution < 1.29 is 0 Å². The lowest BCUT2D eigenvalue weighted by Crippen LogP contribution is -2.35. The number of aromatic nitrogens is 2. The third-order valence-corrected chi connectivity index (χ3v) is 5.54. The maximum absolute atomic E-state index is 4.84. The highest BCUT2D eigenvalue weighted by atomic mass is 15.3. The molecule has 0 saturated carbocycles. The second kappa shape index (κ2) is 8.87. The minimum atomic E-state index is 0.765. The molecule has 0 amide bonds. The largest absolute Gasteiger partial charge is 0.356 e. The average molecular weight is 373 g/mol. The maximum atomic E-state index is 4.84. The molecule has 0 radical (unpaired) electrons. The van der Waals surface area contributed by atoms with Crippen molar-refractivity contribution in [2.45, 2.75) is 25.8 Å². The molecule has 0 bridgehead atoms. The van der Waals surface area contributed by atoms with Crippen molar-refractivity contribution in [2.24, 2.45) is 5.92 Å². The normalized spacial score (nSPS) is 14.8. The van der Waals surface area contributed by atoms with Gasteiger partial charge in [0.25, 0.3) is 0 Å². The Hall–Kier alpha value is -2.88. The number of benzene rings is 2. The average Bonchev–Trinajstić information content (AvgIpc) is 2.76. The second-order valence-corrected chi connectivity index (χ2v) is 7.68. The van der Waals surface area contributed by atoms with Crippen molar-refractivity contribution >= 4 is 11.8 Å². The molecule has 2 aromatic carbocycles. The van der Waals surface area contributed by atoms with Gasteiger partial charge in [0, 0.05) is 32.9 Å². The summed E-state index contributed by atoms with van der Waals surface area (Å²) in [5.74, 6) is 2.59. The number of rotatable bonds is 6. The summed E-state index contributed by atoms with van der Waals surface area (Å²) in [5.41, 5.74) is 2.72. The van der Waals surface area contributed by atoms with E-state index < -0.39 is 0 Å². The van der Waals surface area contributed by atoms with Crippen LogP contribution in [0.1, 0.15) is 24.0 Å². The molecule has 3 aromatic rings. The van der Waals surface area contributed by atoms with Crippen LogP contribution in [-0.2, 0) is 13.0 Å². The second-order valence-electron chi connectivity index (χ2n) is 7.68. The van der Waals surface area contributed by atoms with E-state index in [2.05, 4.69) is 76.4 Å². The van der Waals surface area contributed by atoms with E-state index in [9.17, 15) is 0 Å². The summed E-state index contributed by atoms with van der Waals surface area (Å²) in [4.78, 5) is 13.8. The van der Waals surface area contributed by atoms with Gasteiger partial charge in [0.15, 0.2) is 0 Å². The van der Waals surface area contributed by atoms with Gasteiger partial charge in [0.1, 0.15) is 5.82 Å². The molecule has 0 unspecified atom stereocenters. The molecular weight excluding hydrogens is 344 g/mol. The van der Waals surface area contributed by atoms with E-state index in [-0.39, 0.29) is 0 Å². The van der Waals surface area contributed by atoms with Gasteiger partial charge in [0.2, 0.25) is 5.95 Å². The van der Waals surface area contributed by atoms with Crippen LogP contribution < -0.4 is 9.80 Å². The van der Waals surface area contributed by atoms with Crippen LogP contribution in [0.5, 0.6) is 0 Å². The fourth-order valence-corrected chi connectivity index (χ4v) is 3.94. The monoisotopic (exact) mass is 372 g/mol. The summed E-state index contributed by atoms with van der Waals surface area (Å²) in [6.07, 6.45) is 5.50. The number of nitrogens with zero attached hydrogens (tertiary/aromatic N) is 4. The summed E-state index contributed by atoms with van der Waals surface area (Å²) >= 11 is 0. The molecule has 0 spiro atoms. The molecule has 0 aliphatic carbocycles. The maximum Gasteiger partial charge on any atom is 0.227 e. The molecule has 0 atom stereocenters. The zero-order valence-electron chi connectivity index (χ0n) is 16.5. The van der Waals surface area contributed by atoms with E-state index in [1.54, 1.807) is 0 Å². The Morgan fingerprint density at radius 1 is 0.893 bits per heavy atom. The predicted octanol–water partition coefficient (Wildman–Crippen LogP) is 4.57. The van der Waals surface area contributed by atoms with Crippen LogP contribution in [0.15, 0.2) is 72.9 Å². The Kier molecular flexibility index (Phi) is 5.86. The van der Waals surface area contributed by atoms with Gasteiger partial charge in [-0.3, -0.25) is 0 Å². The first-order chi connectivity index (χ1) is 13.8. The van der Waals surface area contributed by atoms with E-state index in [0.29, 0.717) is 0 Å². The van der Waals surface area contributed by atoms with Gasteiger partial charge in [-0.2, -0.15) is 4.98 Å². The van der Waals surface area contributed by atoms with Crippen LogP contribution in [0.3, 0.4) is 0 Å². The third kappa shape index (κ3) is 4.69. The highest BCUT2D eigenvalue weighted by molar-refractivity contribution is 5.44. The molecule has 1 fully saturated rings. The van der Waals surface area contributed by atoms with Gasteiger partial charge in [-0.05, 0) is 42.4 Å². The van der Waals surface area contributed by atoms with Crippen molar-refractivity contribution in [1.82, 2.24) is 9.97 Å². The Balaban J connectivity index is 1.36. The van der Waals surface area contributed by atoms with Crippen LogP contribution in [0, 0.1) is 5.92 Å². The minimum Gasteiger partial charge on any atom is -0.356 e. The van der Waals surface area contributed by atoms with Gasteiger partial charge in [-0.15, -0.1) is 0 Å². The fourth-order valence-electron chi connectivity index (χ4n) is 3.94. The first kappa shape index (κ1) is 18.5. The lowest BCUT2D eigenvalue weighted by atomic mass is 9.90. The standard InChI is InChI=1S/C24H28N4/c1-27(19-22-10-6-3-7-11-22)24-25-15-12-23(26-24)28-16-13-21(14-17-28)18-20-8-4-2-5-9-20/h2-12,15,21H,13-14,16-19H2,1H3. The van der Waals surface area contributed by atoms with Crippen molar-refractivity contribution in [1.29, 1.82) is 0 Å². The minimum absolute atomic E-state index is 0.765. The molecule has 4 heteroatoms. The molecule has 0 N–H and O–H groups in total. The molecule has 1 aliphatic heterocycles. The van der Waals surface area contributed by atoms with Gasteiger partial charge < -0.3 is 9.80 Å². The summed E-state index contributed by atoms with van der Waals surface area (Å²) in [7, 11) is 2.05. The summed E-state index contributed by atoms with van der Waals surface area (Å²) in [6.45, 7) is 2.94. The van der Waals surface area contributed by atoms with Crippen LogP contribution in [0.4, 0.5) is 11.8 Å². The molecule has 1 aliphatic rings. The highest BCUT2D eigenvalue weighted by Gasteiger charge is 2.21. The SMILES string of the molecule is CN(Cc1ccccc1)c1nccc(N2CCC(Cc3ccccc3)CC2)n1. The quantitative estimate of drug-likeness (QED) is 0.634. The molecule has 28 heavy (non-hydrogen) atoms. The van der Waals surface area contributed by atoms with Crippen LogP contribution >= 0.6 is 0 Å². The van der Waals surface area contributed by atoms with Crippen LogP contribution in [-0.4, -0.2) is 30.1 Å². The zero-order chi connectivity index (χ0) is 19.2.